The molecule has 0 aromatic rings. The van der Waals surface area contributed by atoms with Gasteiger partial charge in [-0.15, -0.1) is 0 Å². The van der Waals surface area contributed by atoms with E-state index in [-0.39, 0.29) is 6.10 Å². The van der Waals surface area contributed by atoms with Gasteiger partial charge in [-0.3, -0.25) is 0 Å². The van der Waals surface area contributed by atoms with Gasteiger partial charge in [0, 0.05) is 0 Å². The van der Waals surface area contributed by atoms with E-state index in [0.29, 0.717) is 5.92 Å². The molecule has 0 aromatic carbocycles. The molecule has 0 aliphatic heterocycles. The van der Waals surface area contributed by atoms with Gasteiger partial charge in [0.05, 0.1) is 6.10 Å². The van der Waals surface area contributed by atoms with Crippen molar-refractivity contribution < 1.29 is 5.11 Å². The lowest BCUT2D eigenvalue weighted by molar-refractivity contribution is 0.0289. The van der Waals surface area contributed by atoms with Gasteiger partial charge in [0.25, 0.3) is 0 Å². The maximum Gasteiger partial charge on any atom is 0.0571 e. The van der Waals surface area contributed by atoms with Crippen molar-refractivity contribution in [1.29, 1.82) is 0 Å². The van der Waals surface area contributed by atoms with Crippen LogP contribution in [0.2, 0.25) is 0 Å². The van der Waals surface area contributed by atoms with Gasteiger partial charge in [-0.25, -0.2) is 0 Å². The number of aliphatic hydroxyl groups is 1. The Labute approximate surface area is 75.2 Å². The summed E-state index contributed by atoms with van der Waals surface area (Å²) < 4.78 is 0. The van der Waals surface area contributed by atoms with Gasteiger partial charge in [-0.2, -0.15) is 0 Å². The first-order valence-electron chi connectivity index (χ1n) is 5.56. The Morgan fingerprint density at radius 1 is 0.750 bits per heavy atom. The first-order valence-corrected chi connectivity index (χ1v) is 5.56. The second kappa shape index (κ2) is 3.78. The second-order valence-corrected chi connectivity index (χ2v) is 4.56. The van der Waals surface area contributed by atoms with E-state index in [1.54, 1.807) is 0 Å². The third kappa shape index (κ3) is 1.66. The minimum atomic E-state index is 0.0434. The lowest BCUT2D eigenvalue weighted by atomic mass is 9.75. The molecule has 1 nitrogen and oxygen atoms in total. The molecule has 2 fully saturated rings. The Hall–Kier alpha value is -0.0400. The number of hydrogen-bond donors (Lipinski definition) is 1. The summed E-state index contributed by atoms with van der Waals surface area (Å²) in [6.45, 7) is 0. The fourth-order valence-electron chi connectivity index (χ4n) is 3.08. The van der Waals surface area contributed by atoms with Crippen molar-refractivity contribution in [1.82, 2.24) is 0 Å². The molecule has 0 radical (unpaired) electrons. The first kappa shape index (κ1) is 8.55. The van der Waals surface area contributed by atoms with Crippen LogP contribution < -0.4 is 0 Å². The smallest absolute Gasteiger partial charge is 0.0571 e. The number of fused-ring (bicyclic) bond motifs is 1. The Morgan fingerprint density at radius 3 is 2.42 bits per heavy atom. The second-order valence-electron chi connectivity index (χ2n) is 4.56. The van der Waals surface area contributed by atoms with Crippen molar-refractivity contribution >= 4 is 0 Å². The average molecular weight is 168 g/mol. The standard InChI is InChI=1S/C11H20O/c12-11-8-4-6-9-5-2-1-3-7-10(9)11/h9-12H,1-8H2/t9-,10?,11+/m1/s1. The van der Waals surface area contributed by atoms with Crippen LogP contribution in [0, 0.1) is 11.8 Å². The van der Waals surface area contributed by atoms with Crippen LogP contribution in [0.5, 0.6) is 0 Å². The minimum Gasteiger partial charge on any atom is -0.393 e. The van der Waals surface area contributed by atoms with Crippen molar-refractivity contribution in [2.75, 3.05) is 0 Å². The highest BCUT2D eigenvalue weighted by Gasteiger charge is 2.32. The van der Waals surface area contributed by atoms with Gasteiger partial charge in [0.15, 0.2) is 0 Å². The summed E-state index contributed by atoms with van der Waals surface area (Å²) in [7, 11) is 0. The lowest BCUT2D eigenvalue weighted by Crippen LogP contribution is -2.31. The van der Waals surface area contributed by atoms with Gasteiger partial charge >= 0.3 is 0 Å². The van der Waals surface area contributed by atoms with Crippen LogP contribution in [0.1, 0.15) is 51.4 Å². The number of rotatable bonds is 0. The summed E-state index contributed by atoms with van der Waals surface area (Å²) >= 11 is 0. The molecule has 3 atom stereocenters. The van der Waals surface area contributed by atoms with E-state index in [2.05, 4.69) is 0 Å². The molecule has 70 valence electrons. The summed E-state index contributed by atoms with van der Waals surface area (Å²) in [5, 5.41) is 9.83. The van der Waals surface area contributed by atoms with Crippen molar-refractivity contribution in [2.24, 2.45) is 11.8 Å². The third-order valence-corrected chi connectivity index (χ3v) is 3.79. The Balaban J connectivity index is 2.00. The van der Waals surface area contributed by atoms with Crippen molar-refractivity contribution in [3.8, 4) is 0 Å². The van der Waals surface area contributed by atoms with Crippen LogP contribution in [0.3, 0.4) is 0 Å². The van der Waals surface area contributed by atoms with E-state index in [1.165, 1.54) is 44.9 Å². The molecule has 1 heteroatoms. The van der Waals surface area contributed by atoms with Gasteiger partial charge in [0.2, 0.25) is 0 Å². The summed E-state index contributed by atoms with van der Waals surface area (Å²) in [5.74, 6) is 1.54. The summed E-state index contributed by atoms with van der Waals surface area (Å²) in [5.41, 5.74) is 0. The van der Waals surface area contributed by atoms with Crippen LogP contribution in [0.25, 0.3) is 0 Å². The number of hydrogen-bond acceptors (Lipinski definition) is 1. The molecule has 0 aromatic heterocycles. The highest BCUT2D eigenvalue weighted by Crippen LogP contribution is 2.39. The molecule has 2 aliphatic rings. The molecule has 12 heavy (non-hydrogen) atoms. The van der Waals surface area contributed by atoms with Crippen LogP contribution in [-0.4, -0.2) is 11.2 Å². The van der Waals surface area contributed by atoms with E-state index in [4.69, 9.17) is 0 Å². The molecule has 2 saturated carbocycles. The molecule has 0 spiro atoms. The largest absolute Gasteiger partial charge is 0.393 e. The van der Waals surface area contributed by atoms with Gasteiger partial charge in [-0.05, 0) is 31.1 Å². The number of aliphatic hydroxyl groups excluding tert-OH is 1. The topological polar surface area (TPSA) is 20.2 Å². The lowest BCUT2D eigenvalue weighted by Gasteiger charge is -2.34. The van der Waals surface area contributed by atoms with E-state index >= 15 is 0 Å². The molecular weight excluding hydrogens is 148 g/mol. The van der Waals surface area contributed by atoms with Gasteiger partial charge < -0.3 is 5.11 Å². The third-order valence-electron chi connectivity index (χ3n) is 3.79. The van der Waals surface area contributed by atoms with Crippen molar-refractivity contribution in [2.45, 2.75) is 57.5 Å². The zero-order valence-corrected chi connectivity index (χ0v) is 7.84. The molecule has 0 heterocycles. The average Bonchev–Trinajstić information content (AvgIpc) is 2.30. The predicted octanol–water partition coefficient (Wildman–Crippen LogP) is 2.73. The summed E-state index contributed by atoms with van der Waals surface area (Å²) in [6.07, 6.45) is 10.6. The molecule has 1 N–H and O–H groups in total. The SMILES string of the molecule is O[C@H]1CCC[C@H]2CCCCCC21. The van der Waals surface area contributed by atoms with Gasteiger partial charge in [-0.1, -0.05) is 32.1 Å². The molecule has 1 unspecified atom stereocenters. The summed E-state index contributed by atoms with van der Waals surface area (Å²) in [6, 6.07) is 0. The minimum absolute atomic E-state index is 0.0434. The van der Waals surface area contributed by atoms with Crippen LogP contribution in [-0.2, 0) is 0 Å². The predicted molar refractivity (Wildman–Crippen MR) is 49.9 cm³/mol. The van der Waals surface area contributed by atoms with E-state index in [1.807, 2.05) is 0 Å². The Kier molecular flexibility index (Phi) is 2.69. The fraction of sp³-hybridized carbons (Fsp3) is 1.00. The summed E-state index contributed by atoms with van der Waals surface area (Å²) in [4.78, 5) is 0. The van der Waals surface area contributed by atoms with E-state index < -0.39 is 0 Å². The zero-order valence-electron chi connectivity index (χ0n) is 7.84. The van der Waals surface area contributed by atoms with Gasteiger partial charge in [0.1, 0.15) is 0 Å². The molecule has 2 aliphatic carbocycles. The van der Waals surface area contributed by atoms with E-state index in [0.717, 1.165) is 12.3 Å². The molecule has 0 saturated heterocycles. The monoisotopic (exact) mass is 168 g/mol. The Morgan fingerprint density at radius 2 is 1.50 bits per heavy atom. The van der Waals surface area contributed by atoms with Crippen LogP contribution in [0.15, 0.2) is 0 Å². The highest BCUT2D eigenvalue weighted by atomic mass is 16.3. The molecule has 0 bridgehead atoms. The highest BCUT2D eigenvalue weighted by molar-refractivity contribution is 4.83. The van der Waals surface area contributed by atoms with Crippen molar-refractivity contribution in [3.63, 3.8) is 0 Å². The molecular formula is C11H20O. The quantitative estimate of drug-likeness (QED) is 0.589. The first-order chi connectivity index (χ1) is 5.88. The fourth-order valence-corrected chi connectivity index (χ4v) is 3.08. The van der Waals surface area contributed by atoms with Crippen LogP contribution in [0.4, 0.5) is 0 Å². The normalized spacial score (nSPS) is 43.2. The van der Waals surface area contributed by atoms with Crippen LogP contribution >= 0.6 is 0 Å². The van der Waals surface area contributed by atoms with Crippen molar-refractivity contribution in [3.05, 3.63) is 0 Å². The Bertz CT molecular complexity index is 144. The molecule has 2 rings (SSSR count). The molecule has 0 amide bonds. The maximum absolute atomic E-state index is 9.83. The maximum atomic E-state index is 9.83. The zero-order chi connectivity index (χ0) is 8.39. The van der Waals surface area contributed by atoms with E-state index in [9.17, 15) is 5.11 Å².